The first-order chi connectivity index (χ1) is 25.6. The summed E-state index contributed by atoms with van der Waals surface area (Å²) < 4.78 is 69.6. The Morgan fingerprint density at radius 2 is 1.54 bits per heavy atom. The number of alkyl halides is 3. The maximum atomic E-state index is 13.8. The molecule has 7 N–H and O–H groups in total. The van der Waals surface area contributed by atoms with Crippen LogP contribution in [0.15, 0.2) is 0 Å². The number of carbonyl (C=O) groups is 3. The van der Waals surface area contributed by atoms with Gasteiger partial charge in [-0.05, 0) is 44.4 Å². The first kappa shape index (κ1) is 42.9. The number of hydrogen-bond donors (Lipinski definition) is 7. The molecule has 0 aromatic heterocycles. The second kappa shape index (κ2) is 18.8. The molecule has 3 saturated heterocycles. The molecular formula is C35H56F3N3O13. The second-order valence-electron chi connectivity index (χ2n) is 15.4. The molecule has 19 heteroatoms. The Bertz CT molecular complexity index is 1260. The second-order valence-corrected chi connectivity index (χ2v) is 15.4. The van der Waals surface area contributed by atoms with Crippen molar-refractivity contribution in [2.24, 2.45) is 11.8 Å². The van der Waals surface area contributed by atoms with E-state index in [4.69, 9.17) is 23.7 Å². The Kier molecular flexibility index (Phi) is 15.0. The van der Waals surface area contributed by atoms with Crippen molar-refractivity contribution in [1.29, 1.82) is 0 Å². The van der Waals surface area contributed by atoms with Crippen LogP contribution in [0.2, 0.25) is 0 Å². The number of aliphatic hydroxyl groups excluding tert-OH is 5. The van der Waals surface area contributed by atoms with Crippen LogP contribution in [0.5, 0.6) is 0 Å². The van der Waals surface area contributed by atoms with E-state index in [0.29, 0.717) is 38.8 Å². The number of rotatable bonds is 13. The summed E-state index contributed by atoms with van der Waals surface area (Å²) in [6.07, 6.45) is -13.4. The summed E-state index contributed by atoms with van der Waals surface area (Å²) in [4.78, 5) is 40.1. The number of ether oxygens (including phenoxy) is 5. The van der Waals surface area contributed by atoms with Gasteiger partial charge in [-0.3, -0.25) is 14.4 Å². The molecule has 0 spiro atoms. The lowest BCUT2D eigenvalue weighted by Gasteiger charge is -2.48. The zero-order chi connectivity index (χ0) is 39.3. The summed E-state index contributed by atoms with van der Waals surface area (Å²) in [7, 11) is 0. The third-order valence-corrected chi connectivity index (χ3v) is 11.4. The van der Waals surface area contributed by atoms with Gasteiger partial charge in [0.2, 0.25) is 5.91 Å². The molecule has 5 fully saturated rings. The summed E-state index contributed by atoms with van der Waals surface area (Å²) in [5, 5.41) is 57.1. The minimum atomic E-state index is -5.26. The van der Waals surface area contributed by atoms with Crippen molar-refractivity contribution in [3.63, 3.8) is 0 Å². The molecule has 2 aliphatic carbocycles. The summed E-state index contributed by atoms with van der Waals surface area (Å²) in [6, 6.07) is -1.48. The van der Waals surface area contributed by atoms with Gasteiger partial charge in [-0.25, -0.2) is 0 Å². The van der Waals surface area contributed by atoms with Gasteiger partial charge in [0.05, 0.1) is 31.5 Å². The van der Waals surface area contributed by atoms with Gasteiger partial charge in [-0.15, -0.1) is 0 Å². The standard InChI is InChI=1S/C35H56F3N3O13/c1-17-8-6-11-20(29(17)54-33-28(47)27(46)25(44)18(2)50-33)52-32-24(40-23(43)15-39-34(49)35(36,37)38)30(26(45)22(16-42)53-32)51-21(31(48)41-12-7-13-41)14-19-9-4-3-5-10-19/h17-22,24-30,32-33,42,44-47H,3-16H2,1-2H3,(H,39,49)(H,40,43)/t17?,18?,20-,21+,22+,24?,25-,26+,27+,28?,29-,30?,32-,33+/m1/s1. The van der Waals surface area contributed by atoms with E-state index in [1.807, 2.05) is 6.92 Å². The summed E-state index contributed by atoms with van der Waals surface area (Å²) >= 11 is 0. The van der Waals surface area contributed by atoms with E-state index in [-0.39, 0.29) is 17.7 Å². The molecule has 3 amide bonds. The Balaban J connectivity index is 1.42. The first-order valence-corrected chi connectivity index (χ1v) is 19.1. The van der Waals surface area contributed by atoms with Gasteiger partial charge in [0, 0.05) is 13.1 Å². The Hall–Kier alpha value is -2.20. The smallest absolute Gasteiger partial charge is 0.394 e. The summed E-state index contributed by atoms with van der Waals surface area (Å²) in [6.45, 7) is 2.54. The fourth-order valence-corrected chi connectivity index (χ4v) is 8.02. The van der Waals surface area contributed by atoms with E-state index in [0.717, 1.165) is 38.5 Å². The van der Waals surface area contributed by atoms with Crippen molar-refractivity contribution in [2.75, 3.05) is 26.2 Å². The van der Waals surface area contributed by atoms with Crippen molar-refractivity contribution < 1.29 is 76.8 Å². The molecule has 2 saturated carbocycles. The van der Waals surface area contributed by atoms with Crippen molar-refractivity contribution in [3.8, 4) is 0 Å². The van der Waals surface area contributed by atoms with Crippen LogP contribution in [0.4, 0.5) is 13.2 Å². The number of nitrogens with one attached hydrogen (secondary N) is 2. The highest BCUT2D eigenvalue weighted by molar-refractivity contribution is 5.87. The van der Waals surface area contributed by atoms with Crippen LogP contribution in [0.25, 0.3) is 0 Å². The maximum Gasteiger partial charge on any atom is 0.471 e. The van der Waals surface area contributed by atoms with Gasteiger partial charge in [0.15, 0.2) is 12.6 Å². The Labute approximate surface area is 311 Å². The monoisotopic (exact) mass is 783 g/mol. The minimum Gasteiger partial charge on any atom is -0.394 e. The minimum absolute atomic E-state index is 0.138. The number of likely N-dealkylation sites (tertiary alicyclic amines) is 1. The topological polar surface area (TPSA) is 226 Å². The lowest BCUT2D eigenvalue weighted by atomic mass is 9.84. The number of aliphatic hydroxyl groups is 5. The average Bonchev–Trinajstić information content (AvgIpc) is 3.11. The number of hydrogen-bond acceptors (Lipinski definition) is 13. The molecule has 310 valence electrons. The normalized spacial score (nSPS) is 38.6. The van der Waals surface area contributed by atoms with Crippen LogP contribution < -0.4 is 10.6 Å². The van der Waals surface area contributed by atoms with Gasteiger partial charge in [-0.1, -0.05) is 45.4 Å². The van der Waals surface area contributed by atoms with Crippen molar-refractivity contribution in [1.82, 2.24) is 15.5 Å². The zero-order valence-corrected chi connectivity index (χ0v) is 30.6. The predicted octanol–water partition coefficient (Wildman–Crippen LogP) is -0.398. The van der Waals surface area contributed by atoms with Gasteiger partial charge in [0.1, 0.15) is 48.8 Å². The predicted molar refractivity (Wildman–Crippen MR) is 179 cm³/mol. The highest BCUT2D eigenvalue weighted by atomic mass is 19.4. The number of halogens is 3. The highest BCUT2D eigenvalue weighted by Gasteiger charge is 2.52. The molecular weight excluding hydrogens is 727 g/mol. The van der Waals surface area contributed by atoms with E-state index < -0.39 is 111 Å². The van der Waals surface area contributed by atoms with Gasteiger partial charge >= 0.3 is 12.1 Å². The molecule has 0 bridgehead atoms. The van der Waals surface area contributed by atoms with E-state index in [1.165, 1.54) is 12.2 Å². The van der Waals surface area contributed by atoms with Crippen LogP contribution >= 0.6 is 0 Å². The average molecular weight is 784 g/mol. The molecule has 5 rings (SSSR count). The SMILES string of the molecule is CC1O[C@@H](O[C@@H]2C(C)CCC[C@H]2O[C@@H]2O[C@@H](CO)[C@H](O)C(O[C@@H](CC3CCCCC3)C(=O)N3CCC3)C2NC(=O)CNC(=O)C(F)(F)F)C(O)[C@@H](O)[C@@H]1O. The van der Waals surface area contributed by atoms with E-state index >= 15 is 0 Å². The van der Waals surface area contributed by atoms with Crippen molar-refractivity contribution in [3.05, 3.63) is 0 Å². The van der Waals surface area contributed by atoms with Crippen LogP contribution in [-0.2, 0) is 38.1 Å². The quantitative estimate of drug-likeness (QED) is 0.127. The van der Waals surface area contributed by atoms with E-state index in [1.54, 1.807) is 4.90 Å². The van der Waals surface area contributed by atoms with Gasteiger partial charge in [0.25, 0.3) is 5.91 Å². The molecule has 3 heterocycles. The van der Waals surface area contributed by atoms with Crippen molar-refractivity contribution in [2.45, 2.75) is 164 Å². The zero-order valence-electron chi connectivity index (χ0n) is 30.6. The third-order valence-electron chi connectivity index (χ3n) is 11.4. The lowest BCUT2D eigenvalue weighted by molar-refractivity contribution is -0.336. The number of carbonyl (C=O) groups excluding carboxylic acids is 3. The van der Waals surface area contributed by atoms with Crippen LogP contribution in [0, 0.1) is 11.8 Å². The fourth-order valence-electron chi connectivity index (χ4n) is 8.02. The fraction of sp³-hybridized carbons (Fsp3) is 0.914. The van der Waals surface area contributed by atoms with Gasteiger partial charge < -0.3 is 64.8 Å². The first-order valence-electron chi connectivity index (χ1n) is 19.1. The lowest BCUT2D eigenvalue weighted by Crippen LogP contribution is -2.68. The highest BCUT2D eigenvalue weighted by Crippen LogP contribution is 2.37. The Morgan fingerprint density at radius 1 is 0.833 bits per heavy atom. The molecule has 0 radical (unpaired) electrons. The summed E-state index contributed by atoms with van der Waals surface area (Å²) in [5.41, 5.74) is 0. The van der Waals surface area contributed by atoms with Crippen LogP contribution in [0.1, 0.15) is 78.1 Å². The molecule has 54 heavy (non-hydrogen) atoms. The number of nitrogens with zero attached hydrogens (tertiary/aromatic N) is 1. The summed E-state index contributed by atoms with van der Waals surface area (Å²) in [5.74, 6) is -3.86. The molecule has 5 aliphatic rings. The van der Waals surface area contributed by atoms with E-state index in [2.05, 4.69) is 5.32 Å². The van der Waals surface area contributed by atoms with Gasteiger partial charge in [-0.2, -0.15) is 13.2 Å². The molecule has 3 aliphatic heterocycles. The molecule has 0 aromatic rings. The molecule has 5 unspecified atom stereocenters. The van der Waals surface area contributed by atoms with E-state index in [9.17, 15) is 53.1 Å². The van der Waals surface area contributed by atoms with Crippen LogP contribution in [-0.4, -0.2) is 160 Å². The third kappa shape index (κ3) is 10.4. The Morgan fingerprint density at radius 3 is 2.17 bits per heavy atom. The molecule has 0 aromatic carbocycles. The maximum absolute atomic E-state index is 13.8. The molecule has 14 atom stereocenters. The largest absolute Gasteiger partial charge is 0.471 e. The van der Waals surface area contributed by atoms with Crippen molar-refractivity contribution >= 4 is 17.7 Å². The molecule has 16 nitrogen and oxygen atoms in total. The number of amides is 3. The van der Waals surface area contributed by atoms with Crippen LogP contribution in [0.3, 0.4) is 0 Å².